The number of carbonyl (C=O) groups excluding carboxylic acids is 1. The number of rotatable bonds is 7. The van der Waals surface area contributed by atoms with E-state index in [1.54, 1.807) is 0 Å². The number of sulfone groups is 1. The van der Waals surface area contributed by atoms with Gasteiger partial charge in [-0.2, -0.15) is 0 Å². The summed E-state index contributed by atoms with van der Waals surface area (Å²) < 4.78 is 22.8. The van der Waals surface area contributed by atoms with Crippen LogP contribution in [0.2, 0.25) is 0 Å². The maximum atomic E-state index is 12.0. The third-order valence-electron chi connectivity index (χ3n) is 4.11. The maximum absolute atomic E-state index is 12.0. The lowest BCUT2D eigenvalue weighted by Crippen LogP contribution is -2.17. The second kappa shape index (κ2) is 7.77. The van der Waals surface area contributed by atoms with Crippen LogP contribution in [-0.4, -0.2) is 25.8 Å². The average Bonchev–Trinajstić information content (AvgIpc) is 2.80. The molecule has 22 heavy (non-hydrogen) atoms. The second-order valence-electron chi connectivity index (χ2n) is 6.18. The van der Waals surface area contributed by atoms with Gasteiger partial charge in [0.05, 0.1) is 11.5 Å². The van der Waals surface area contributed by atoms with Gasteiger partial charge in [-0.1, -0.05) is 31.9 Å². The van der Waals surface area contributed by atoms with E-state index in [0.29, 0.717) is 6.42 Å². The number of hydrogen-bond donors (Lipinski definition) is 1. The number of carbonyl (C=O) groups is 1. The van der Waals surface area contributed by atoms with Crippen molar-refractivity contribution in [3.8, 4) is 0 Å². The van der Waals surface area contributed by atoms with Crippen molar-refractivity contribution in [3.63, 3.8) is 0 Å². The normalized spacial score (nSPS) is 20.0. The molecule has 1 heterocycles. The van der Waals surface area contributed by atoms with Crippen molar-refractivity contribution in [3.05, 3.63) is 29.8 Å². The molecule has 5 heteroatoms. The van der Waals surface area contributed by atoms with Gasteiger partial charge >= 0.3 is 0 Å². The number of amides is 1. The van der Waals surface area contributed by atoms with Gasteiger partial charge in [-0.05, 0) is 42.9 Å². The van der Waals surface area contributed by atoms with Gasteiger partial charge in [-0.25, -0.2) is 8.42 Å². The molecule has 0 bridgehead atoms. The first kappa shape index (κ1) is 17.0. The van der Waals surface area contributed by atoms with Crippen molar-refractivity contribution < 1.29 is 13.2 Å². The van der Waals surface area contributed by atoms with Crippen LogP contribution in [0.3, 0.4) is 0 Å². The molecule has 1 unspecified atom stereocenters. The van der Waals surface area contributed by atoms with E-state index in [1.807, 2.05) is 24.3 Å². The zero-order chi connectivity index (χ0) is 16.0. The Labute approximate surface area is 133 Å². The Hall–Kier alpha value is -1.36. The van der Waals surface area contributed by atoms with Gasteiger partial charge < -0.3 is 5.32 Å². The maximum Gasteiger partial charge on any atom is 0.224 e. The van der Waals surface area contributed by atoms with Crippen LogP contribution in [0.5, 0.6) is 0 Å². The summed E-state index contributed by atoms with van der Waals surface area (Å²) in [4.78, 5) is 12.0. The fraction of sp³-hybridized carbons (Fsp3) is 0.588. The topological polar surface area (TPSA) is 63.2 Å². The Bertz CT molecular complexity index is 593. The highest BCUT2D eigenvalue weighted by atomic mass is 32.2. The molecule has 0 aromatic heterocycles. The Morgan fingerprint density at radius 1 is 1.23 bits per heavy atom. The minimum absolute atomic E-state index is 0.0293. The third kappa shape index (κ3) is 5.44. The quantitative estimate of drug-likeness (QED) is 0.784. The molecule has 0 saturated carbocycles. The Balaban J connectivity index is 1.79. The van der Waals surface area contributed by atoms with Crippen LogP contribution >= 0.6 is 0 Å². The van der Waals surface area contributed by atoms with E-state index in [9.17, 15) is 13.2 Å². The highest BCUT2D eigenvalue weighted by Crippen LogP contribution is 2.22. The Morgan fingerprint density at radius 2 is 1.95 bits per heavy atom. The SMILES string of the molecule is CCCCCc1ccc(NC(=O)CC2CCS(=O)(=O)C2)cc1. The zero-order valence-electron chi connectivity index (χ0n) is 13.2. The molecular weight excluding hydrogens is 298 g/mol. The van der Waals surface area contributed by atoms with Crippen LogP contribution in [0.1, 0.15) is 44.6 Å². The molecule has 0 aliphatic carbocycles. The van der Waals surface area contributed by atoms with Crippen molar-refractivity contribution in [1.29, 1.82) is 0 Å². The molecule has 1 N–H and O–H groups in total. The van der Waals surface area contributed by atoms with Crippen molar-refractivity contribution in [2.45, 2.75) is 45.4 Å². The molecule has 122 valence electrons. The van der Waals surface area contributed by atoms with Crippen LogP contribution in [0, 0.1) is 5.92 Å². The van der Waals surface area contributed by atoms with Gasteiger partial charge in [0, 0.05) is 12.1 Å². The molecule has 4 nitrogen and oxygen atoms in total. The summed E-state index contributed by atoms with van der Waals surface area (Å²) >= 11 is 0. The van der Waals surface area contributed by atoms with Crippen molar-refractivity contribution in [2.24, 2.45) is 5.92 Å². The zero-order valence-corrected chi connectivity index (χ0v) is 14.0. The number of benzene rings is 1. The Kier molecular flexibility index (Phi) is 6.00. The predicted molar refractivity (Wildman–Crippen MR) is 89.7 cm³/mol. The highest BCUT2D eigenvalue weighted by Gasteiger charge is 2.29. The lowest BCUT2D eigenvalue weighted by Gasteiger charge is -2.09. The molecule has 1 aliphatic heterocycles. The smallest absolute Gasteiger partial charge is 0.224 e. The summed E-state index contributed by atoms with van der Waals surface area (Å²) in [6, 6.07) is 7.94. The van der Waals surface area contributed by atoms with Crippen molar-refractivity contribution >= 4 is 21.4 Å². The number of unbranched alkanes of at least 4 members (excludes halogenated alkanes) is 2. The molecule has 1 aromatic rings. The molecule has 1 aromatic carbocycles. The highest BCUT2D eigenvalue weighted by molar-refractivity contribution is 7.91. The van der Waals surface area contributed by atoms with Crippen molar-refractivity contribution in [1.82, 2.24) is 0 Å². The summed E-state index contributed by atoms with van der Waals surface area (Å²) in [5.74, 6) is 0.243. The van der Waals surface area contributed by atoms with Crippen LogP contribution in [0.25, 0.3) is 0 Å². The number of nitrogens with one attached hydrogen (secondary N) is 1. The monoisotopic (exact) mass is 323 g/mol. The standard InChI is InChI=1S/C17H25NO3S/c1-2-3-4-5-14-6-8-16(9-7-14)18-17(19)12-15-10-11-22(20,21)13-15/h6-9,15H,2-5,10-13H2,1H3,(H,18,19). The van der Waals surface area contributed by atoms with Crippen LogP contribution in [-0.2, 0) is 21.1 Å². The summed E-state index contributed by atoms with van der Waals surface area (Å²) in [5.41, 5.74) is 2.07. The summed E-state index contributed by atoms with van der Waals surface area (Å²) in [6.45, 7) is 2.19. The molecule has 1 saturated heterocycles. The molecule has 1 aliphatic rings. The molecular formula is C17H25NO3S. The first-order valence-electron chi connectivity index (χ1n) is 8.08. The molecule has 2 rings (SSSR count). The molecule has 1 atom stereocenters. The van der Waals surface area contributed by atoms with Gasteiger partial charge in [0.15, 0.2) is 9.84 Å². The minimum Gasteiger partial charge on any atom is -0.326 e. The molecule has 0 spiro atoms. The van der Waals surface area contributed by atoms with Crippen molar-refractivity contribution in [2.75, 3.05) is 16.8 Å². The van der Waals surface area contributed by atoms with E-state index in [2.05, 4.69) is 12.2 Å². The van der Waals surface area contributed by atoms with Crippen LogP contribution in [0.4, 0.5) is 5.69 Å². The second-order valence-corrected chi connectivity index (χ2v) is 8.40. The van der Waals surface area contributed by atoms with E-state index in [-0.39, 0.29) is 29.8 Å². The van der Waals surface area contributed by atoms with Gasteiger partial charge in [0.25, 0.3) is 0 Å². The number of anilines is 1. The van der Waals surface area contributed by atoms with Crippen LogP contribution < -0.4 is 5.32 Å². The third-order valence-corrected chi connectivity index (χ3v) is 5.94. The predicted octanol–water partition coefficient (Wildman–Crippen LogP) is 3.18. The van der Waals surface area contributed by atoms with E-state index < -0.39 is 9.84 Å². The Morgan fingerprint density at radius 3 is 2.55 bits per heavy atom. The van der Waals surface area contributed by atoms with Crippen LogP contribution in [0.15, 0.2) is 24.3 Å². The average molecular weight is 323 g/mol. The van der Waals surface area contributed by atoms with E-state index in [4.69, 9.17) is 0 Å². The molecule has 1 fully saturated rings. The fourth-order valence-corrected chi connectivity index (χ4v) is 4.70. The largest absolute Gasteiger partial charge is 0.326 e. The minimum atomic E-state index is -2.91. The van der Waals surface area contributed by atoms with E-state index >= 15 is 0 Å². The lowest BCUT2D eigenvalue weighted by atomic mass is 10.0. The lowest BCUT2D eigenvalue weighted by molar-refractivity contribution is -0.116. The summed E-state index contributed by atoms with van der Waals surface area (Å²) in [5, 5.41) is 2.86. The first-order valence-corrected chi connectivity index (χ1v) is 9.90. The number of aryl methyl sites for hydroxylation is 1. The van der Waals surface area contributed by atoms with Gasteiger partial charge in [-0.3, -0.25) is 4.79 Å². The van der Waals surface area contributed by atoms with Gasteiger partial charge in [0.2, 0.25) is 5.91 Å². The van der Waals surface area contributed by atoms with Gasteiger partial charge in [0.1, 0.15) is 0 Å². The van der Waals surface area contributed by atoms with Gasteiger partial charge in [-0.15, -0.1) is 0 Å². The summed E-state index contributed by atoms with van der Waals surface area (Å²) in [6.07, 6.45) is 5.61. The first-order chi connectivity index (χ1) is 10.5. The number of hydrogen-bond acceptors (Lipinski definition) is 3. The fourth-order valence-electron chi connectivity index (χ4n) is 2.84. The molecule has 1 amide bonds. The summed E-state index contributed by atoms with van der Waals surface area (Å²) in [7, 11) is -2.91. The van der Waals surface area contributed by atoms with E-state index in [1.165, 1.54) is 24.8 Å². The molecule has 0 radical (unpaired) electrons. The van der Waals surface area contributed by atoms with E-state index in [0.717, 1.165) is 12.1 Å².